The summed E-state index contributed by atoms with van der Waals surface area (Å²) < 4.78 is 14.9. The molecule has 16 heavy (non-hydrogen) atoms. The molecule has 3 nitrogen and oxygen atoms in total. The average molecular weight is 219 g/mol. The van der Waals surface area contributed by atoms with Gasteiger partial charge in [0.2, 0.25) is 0 Å². The number of halogens is 1. The van der Waals surface area contributed by atoms with Crippen LogP contribution in [-0.2, 0) is 0 Å². The molecule has 0 aliphatic carbocycles. The number of hydrogen-bond donors (Lipinski definition) is 1. The molecule has 0 spiro atoms. The fourth-order valence-corrected chi connectivity index (χ4v) is 1.66. The highest BCUT2D eigenvalue weighted by molar-refractivity contribution is 5.58. The summed E-state index contributed by atoms with van der Waals surface area (Å²) in [5.74, 6) is -0.311. The second kappa shape index (κ2) is 3.63. The molecule has 1 aromatic carbocycles. The lowest BCUT2D eigenvalue weighted by atomic mass is 10.2. The van der Waals surface area contributed by atoms with Gasteiger partial charge < -0.3 is 5.73 Å². The minimum Gasteiger partial charge on any atom is -0.397 e. The number of aryl methyl sites for hydroxylation is 1. The summed E-state index contributed by atoms with van der Waals surface area (Å²) in [4.78, 5) is 0. The van der Waals surface area contributed by atoms with Crippen LogP contribution in [0.1, 0.15) is 17.0 Å². The Morgan fingerprint density at radius 2 is 1.94 bits per heavy atom. The maximum absolute atomic E-state index is 13.2. The lowest BCUT2D eigenvalue weighted by molar-refractivity contribution is 0.625. The first-order valence-corrected chi connectivity index (χ1v) is 5.09. The lowest BCUT2D eigenvalue weighted by Gasteiger charge is -2.08. The predicted octanol–water partition coefficient (Wildman–Crippen LogP) is 2.52. The topological polar surface area (TPSA) is 43.8 Å². The Hall–Kier alpha value is -1.84. The number of anilines is 1. The number of aromatic nitrogens is 2. The number of hydrogen-bond acceptors (Lipinski definition) is 2. The molecule has 4 heteroatoms. The number of nitrogen functional groups attached to an aromatic ring is 1. The van der Waals surface area contributed by atoms with Crippen molar-refractivity contribution in [2.75, 3.05) is 5.73 Å². The van der Waals surface area contributed by atoms with E-state index in [1.54, 1.807) is 10.7 Å². The maximum Gasteiger partial charge on any atom is 0.125 e. The van der Waals surface area contributed by atoms with E-state index in [4.69, 9.17) is 5.73 Å². The van der Waals surface area contributed by atoms with E-state index in [9.17, 15) is 4.39 Å². The molecule has 0 saturated heterocycles. The Bertz CT molecular complexity index is 543. The minimum atomic E-state index is -0.311. The molecule has 0 unspecified atom stereocenters. The van der Waals surface area contributed by atoms with Crippen LogP contribution in [0.4, 0.5) is 10.1 Å². The zero-order valence-electron chi connectivity index (χ0n) is 9.58. The first-order valence-electron chi connectivity index (χ1n) is 5.09. The smallest absolute Gasteiger partial charge is 0.125 e. The van der Waals surface area contributed by atoms with Crippen molar-refractivity contribution in [3.05, 3.63) is 41.0 Å². The van der Waals surface area contributed by atoms with Gasteiger partial charge in [-0.2, -0.15) is 5.10 Å². The monoisotopic (exact) mass is 219 g/mol. The number of rotatable bonds is 1. The minimum absolute atomic E-state index is 0.311. The summed E-state index contributed by atoms with van der Waals surface area (Å²) >= 11 is 0. The van der Waals surface area contributed by atoms with Crippen LogP contribution < -0.4 is 5.73 Å². The Morgan fingerprint density at radius 1 is 1.25 bits per heavy atom. The summed E-state index contributed by atoms with van der Waals surface area (Å²) in [6.45, 7) is 5.86. The Morgan fingerprint density at radius 3 is 2.50 bits per heavy atom. The summed E-state index contributed by atoms with van der Waals surface area (Å²) in [6.07, 6.45) is 0. The van der Waals surface area contributed by atoms with E-state index in [-0.39, 0.29) is 5.82 Å². The molecule has 1 heterocycles. The molecular weight excluding hydrogens is 205 g/mol. The van der Waals surface area contributed by atoms with Crippen LogP contribution in [0.5, 0.6) is 0 Å². The SMILES string of the molecule is Cc1nn(-c2cc(F)ccc2N)c(C)c1C. The van der Waals surface area contributed by atoms with Crippen molar-refractivity contribution in [1.29, 1.82) is 0 Å². The highest BCUT2D eigenvalue weighted by Gasteiger charge is 2.11. The van der Waals surface area contributed by atoms with Crippen LogP contribution in [0.2, 0.25) is 0 Å². The highest BCUT2D eigenvalue weighted by Crippen LogP contribution is 2.22. The molecule has 0 amide bonds. The predicted molar refractivity (Wildman–Crippen MR) is 62.1 cm³/mol. The van der Waals surface area contributed by atoms with Crippen LogP contribution in [0.3, 0.4) is 0 Å². The van der Waals surface area contributed by atoms with Crippen molar-refractivity contribution < 1.29 is 4.39 Å². The van der Waals surface area contributed by atoms with Gasteiger partial charge in [0.15, 0.2) is 0 Å². The van der Waals surface area contributed by atoms with Crippen molar-refractivity contribution in [2.45, 2.75) is 20.8 Å². The quantitative estimate of drug-likeness (QED) is 0.749. The normalized spacial score (nSPS) is 10.8. The van der Waals surface area contributed by atoms with Crippen LogP contribution in [0.15, 0.2) is 18.2 Å². The van der Waals surface area contributed by atoms with E-state index in [1.807, 2.05) is 20.8 Å². The molecule has 2 N–H and O–H groups in total. The largest absolute Gasteiger partial charge is 0.397 e. The fraction of sp³-hybridized carbons (Fsp3) is 0.250. The first-order chi connectivity index (χ1) is 7.50. The molecule has 0 aliphatic heterocycles. The molecular formula is C12H14FN3. The third-order valence-corrected chi connectivity index (χ3v) is 2.87. The van der Waals surface area contributed by atoms with Crippen LogP contribution >= 0.6 is 0 Å². The summed E-state index contributed by atoms with van der Waals surface area (Å²) in [7, 11) is 0. The van der Waals surface area contributed by atoms with Gasteiger partial charge in [0.05, 0.1) is 17.1 Å². The average Bonchev–Trinajstić information content (AvgIpc) is 2.50. The Balaban J connectivity index is 2.67. The van der Waals surface area contributed by atoms with Crippen molar-refractivity contribution in [2.24, 2.45) is 0 Å². The van der Waals surface area contributed by atoms with E-state index in [2.05, 4.69) is 5.10 Å². The molecule has 1 aromatic heterocycles. The van der Waals surface area contributed by atoms with Crippen molar-refractivity contribution in [3.63, 3.8) is 0 Å². The van der Waals surface area contributed by atoms with Gasteiger partial charge in [-0.25, -0.2) is 9.07 Å². The van der Waals surface area contributed by atoms with Gasteiger partial charge in [0.1, 0.15) is 5.82 Å². The van der Waals surface area contributed by atoms with Crippen LogP contribution in [-0.4, -0.2) is 9.78 Å². The molecule has 0 atom stereocenters. The molecule has 0 fully saturated rings. The third kappa shape index (κ3) is 1.56. The Labute approximate surface area is 93.7 Å². The maximum atomic E-state index is 13.2. The summed E-state index contributed by atoms with van der Waals surface area (Å²) in [5, 5.41) is 4.35. The van der Waals surface area contributed by atoms with E-state index in [0.717, 1.165) is 17.0 Å². The van der Waals surface area contributed by atoms with Crippen LogP contribution in [0, 0.1) is 26.6 Å². The van der Waals surface area contributed by atoms with E-state index >= 15 is 0 Å². The molecule has 0 radical (unpaired) electrons. The van der Waals surface area contributed by atoms with E-state index in [0.29, 0.717) is 11.4 Å². The van der Waals surface area contributed by atoms with Gasteiger partial charge in [-0.05, 0) is 38.5 Å². The van der Waals surface area contributed by atoms with Gasteiger partial charge in [-0.15, -0.1) is 0 Å². The van der Waals surface area contributed by atoms with Gasteiger partial charge >= 0.3 is 0 Å². The first kappa shape index (κ1) is 10.7. The standard InChI is InChI=1S/C12H14FN3/c1-7-8(2)15-16(9(7)3)12-6-10(13)4-5-11(12)14/h4-6H,14H2,1-3H3. The number of benzene rings is 1. The van der Waals surface area contributed by atoms with Gasteiger partial charge in [-0.3, -0.25) is 0 Å². The number of nitrogens with zero attached hydrogens (tertiary/aromatic N) is 2. The molecule has 0 bridgehead atoms. The second-order valence-corrected chi connectivity index (χ2v) is 3.91. The van der Waals surface area contributed by atoms with Crippen molar-refractivity contribution >= 4 is 5.69 Å². The summed E-state index contributed by atoms with van der Waals surface area (Å²) in [5.41, 5.74) is 9.95. The molecule has 2 aromatic rings. The fourth-order valence-electron chi connectivity index (χ4n) is 1.66. The molecule has 0 saturated carbocycles. The molecule has 2 rings (SSSR count). The van der Waals surface area contributed by atoms with Crippen LogP contribution in [0.25, 0.3) is 5.69 Å². The summed E-state index contributed by atoms with van der Waals surface area (Å²) in [6, 6.07) is 4.29. The zero-order chi connectivity index (χ0) is 11.9. The highest BCUT2D eigenvalue weighted by atomic mass is 19.1. The van der Waals surface area contributed by atoms with Crippen molar-refractivity contribution in [3.8, 4) is 5.69 Å². The third-order valence-electron chi connectivity index (χ3n) is 2.87. The van der Waals surface area contributed by atoms with Crippen molar-refractivity contribution in [1.82, 2.24) is 9.78 Å². The van der Waals surface area contributed by atoms with Gasteiger partial charge in [0.25, 0.3) is 0 Å². The number of nitrogens with two attached hydrogens (primary N) is 1. The van der Waals surface area contributed by atoms with E-state index in [1.165, 1.54) is 12.1 Å². The Kier molecular flexibility index (Phi) is 2.42. The molecule has 84 valence electrons. The van der Waals surface area contributed by atoms with Gasteiger partial charge in [-0.1, -0.05) is 0 Å². The lowest BCUT2D eigenvalue weighted by Crippen LogP contribution is -2.04. The molecule has 0 aliphatic rings. The van der Waals surface area contributed by atoms with Gasteiger partial charge in [0, 0.05) is 11.8 Å². The zero-order valence-corrected chi connectivity index (χ0v) is 9.58. The van der Waals surface area contributed by atoms with E-state index < -0.39 is 0 Å². The second-order valence-electron chi connectivity index (χ2n) is 3.91.